The maximum absolute atomic E-state index is 9.08. The second-order valence-electron chi connectivity index (χ2n) is 2.68. The lowest BCUT2D eigenvalue weighted by Crippen LogP contribution is -1.97. The SMILES string of the molecule is C[C@H](CO)c1cccc(O)c1. The van der Waals surface area contributed by atoms with E-state index in [0.29, 0.717) is 0 Å². The molecule has 0 aliphatic carbocycles. The standard InChI is InChI=1S/C9H12O2/c1-7(6-10)8-3-2-4-9(11)5-8/h2-5,7,10-11H,6H2,1H3/t7-/m1/s1. The molecule has 1 atom stereocenters. The molecule has 1 aromatic rings. The van der Waals surface area contributed by atoms with Crippen molar-refractivity contribution in [1.29, 1.82) is 0 Å². The maximum Gasteiger partial charge on any atom is 0.115 e. The highest BCUT2D eigenvalue weighted by Gasteiger charge is 2.02. The third-order valence-electron chi connectivity index (χ3n) is 1.71. The van der Waals surface area contributed by atoms with Gasteiger partial charge < -0.3 is 10.2 Å². The Morgan fingerprint density at radius 3 is 2.73 bits per heavy atom. The van der Waals surface area contributed by atoms with Crippen LogP contribution in [0.1, 0.15) is 18.4 Å². The molecule has 2 nitrogen and oxygen atoms in total. The van der Waals surface area contributed by atoms with E-state index in [-0.39, 0.29) is 18.3 Å². The Morgan fingerprint density at radius 2 is 2.18 bits per heavy atom. The molecular formula is C9H12O2. The van der Waals surface area contributed by atoms with Crippen LogP contribution in [0.3, 0.4) is 0 Å². The lowest BCUT2D eigenvalue weighted by molar-refractivity contribution is 0.273. The molecule has 2 N–H and O–H groups in total. The fraction of sp³-hybridized carbons (Fsp3) is 0.333. The van der Waals surface area contributed by atoms with Gasteiger partial charge in [-0.3, -0.25) is 0 Å². The molecule has 0 saturated carbocycles. The van der Waals surface area contributed by atoms with Crippen molar-refractivity contribution in [2.45, 2.75) is 12.8 Å². The maximum atomic E-state index is 9.08. The quantitative estimate of drug-likeness (QED) is 0.674. The average Bonchev–Trinajstić information content (AvgIpc) is 2.03. The Kier molecular flexibility index (Phi) is 2.49. The van der Waals surface area contributed by atoms with Gasteiger partial charge in [-0.1, -0.05) is 19.1 Å². The number of aromatic hydroxyl groups is 1. The zero-order valence-electron chi connectivity index (χ0n) is 6.49. The molecule has 1 rings (SSSR count). The number of benzene rings is 1. The van der Waals surface area contributed by atoms with Gasteiger partial charge in [0.25, 0.3) is 0 Å². The fourth-order valence-corrected chi connectivity index (χ4v) is 0.937. The van der Waals surface area contributed by atoms with Crippen molar-refractivity contribution in [2.24, 2.45) is 0 Å². The van der Waals surface area contributed by atoms with Crippen molar-refractivity contribution >= 4 is 0 Å². The normalized spacial score (nSPS) is 12.9. The molecular weight excluding hydrogens is 140 g/mol. The lowest BCUT2D eigenvalue weighted by atomic mass is 10.0. The highest BCUT2D eigenvalue weighted by Crippen LogP contribution is 2.18. The van der Waals surface area contributed by atoms with Crippen molar-refractivity contribution in [3.05, 3.63) is 29.8 Å². The van der Waals surface area contributed by atoms with E-state index in [1.165, 1.54) is 0 Å². The lowest BCUT2D eigenvalue weighted by Gasteiger charge is -2.07. The van der Waals surface area contributed by atoms with Gasteiger partial charge in [-0.25, -0.2) is 0 Å². The summed E-state index contributed by atoms with van der Waals surface area (Å²) >= 11 is 0. The first-order valence-electron chi connectivity index (χ1n) is 3.64. The molecule has 0 radical (unpaired) electrons. The van der Waals surface area contributed by atoms with Gasteiger partial charge in [-0.05, 0) is 17.7 Å². The minimum Gasteiger partial charge on any atom is -0.508 e. The molecule has 0 aromatic heterocycles. The van der Waals surface area contributed by atoms with Gasteiger partial charge in [0.05, 0.1) is 0 Å². The predicted molar refractivity (Wildman–Crippen MR) is 43.6 cm³/mol. The Hall–Kier alpha value is -1.02. The first kappa shape index (κ1) is 8.08. The monoisotopic (exact) mass is 152 g/mol. The van der Waals surface area contributed by atoms with Gasteiger partial charge in [-0.15, -0.1) is 0 Å². The van der Waals surface area contributed by atoms with Gasteiger partial charge in [0.1, 0.15) is 5.75 Å². The summed E-state index contributed by atoms with van der Waals surface area (Å²) in [7, 11) is 0. The number of aliphatic hydroxyl groups excluding tert-OH is 1. The zero-order valence-corrected chi connectivity index (χ0v) is 6.49. The van der Waals surface area contributed by atoms with E-state index in [4.69, 9.17) is 10.2 Å². The number of hydrogen-bond acceptors (Lipinski definition) is 2. The Bertz CT molecular complexity index is 233. The van der Waals surface area contributed by atoms with Crippen molar-refractivity contribution in [3.63, 3.8) is 0 Å². The van der Waals surface area contributed by atoms with Gasteiger partial charge in [0.15, 0.2) is 0 Å². The molecule has 0 bridgehead atoms. The van der Waals surface area contributed by atoms with E-state index in [9.17, 15) is 0 Å². The minimum atomic E-state index is 0.0992. The van der Waals surface area contributed by atoms with Crippen LogP contribution >= 0.6 is 0 Å². The van der Waals surface area contributed by atoms with Gasteiger partial charge in [0, 0.05) is 12.5 Å². The summed E-state index contributed by atoms with van der Waals surface area (Å²) in [6.45, 7) is 2.03. The molecule has 60 valence electrons. The molecule has 0 fully saturated rings. The van der Waals surface area contributed by atoms with Crippen LogP contribution in [0.2, 0.25) is 0 Å². The molecule has 0 heterocycles. The number of rotatable bonds is 2. The molecule has 0 spiro atoms. The third kappa shape index (κ3) is 1.95. The van der Waals surface area contributed by atoms with E-state index in [1.807, 2.05) is 13.0 Å². The second-order valence-corrected chi connectivity index (χ2v) is 2.68. The van der Waals surface area contributed by atoms with Gasteiger partial charge >= 0.3 is 0 Å². The molecule has 1 aromatic carbocycles. The number of phenolic OH excluding ortho intramolecular Hbond substituents is 1. The first-order chi connectivity index (χ1) is 5.24. The Balaban J connectivity index is 2.86. The van der Waals surface area contributed by atoms with E-state index < -0.39 is 0 Å². The van der Waals surface area contributed by atoms with Crippen molar-refractivity contribution < 1.29 is 10.2 Å². The first-order valence-corrected chi connectivity index (χ1v) is 3.64. The van der Waals surface area contributed by atoms with E-state index in [2.05, 4.69) is 0 Å². The van der Waals surface area contributed by atoms with E-state index in [1.54, 1.807) is 18.2 Å². The average molecular weight is 152 g/mol. The fourth-order valence-electron chi connectivity index (χ4n) is 0.937. The van der Waals surface area contributed by atoms with E-state index >= 15 is 0 Å². The van der Waals surface area contributed by atoms with Crippen LogP contribution in [-0.2, 0) is 0 Å². The zero-order chi connectivity index (χ0) is 8.27. The smallest absolute Gasteiger partial charge is 0.115 e. The van der Waals surface area contributed by atoms with Crippen LogP contribution in [0.15, 0.2) is 24.3 Å². The van der Waals surface area contributed by atoms with Crippen LogP contribution in [0.5, 0.6) is 5.75 Å². The molecule has 0 unspecified atom stereocenters. The second kappa shape index (κ2) is 3.39. The van der Waals surface area contributed by atoms with Crippen LogP contribution in [0, 0.1) is 0 Å². The van der Waals surface area contributed by atoms with Gasteiger partial charge in [-0.2, -0.15) is 0 Å². The molecule has 0 amide bonds. The molecule has 0 aliphatic rings. The Morgan fingerprint density at radius 1 is 1.45 bits per heavy atom. The van der Waals surface area contributed by atoms with Crippen LogP contribution in [-0.4, -0.2) is 16.8 Å². The van der Waals surface area contributed by atoms with E-state index in [0.717, 1.165) is 5.56 Å². The van der Waals surface area contributed by atoms with Crippen LogP contribution in [0.25, 0.3) is 0 Å². The Labute approximate surface area is 66.1 Å². The predicted octanol–water partition coefficient (Wildman–Crippen LogP) is 1.49. The summed E-state index contributed by atoms with van der Waals surface area (Å²) in [5, 5.41) is 17.9. The molecule has 2 heteroatoms. The molecule has 11 heavy (non-hydrogen) atoms. The number of phenols is 1. The molecule has 0 aliphatic heterocycles. The van der Waals surface area contributed by atoms with Crippen molar-refractivity contribution in [3.8, 4) is 5.75 Å². The van der Waals surface area contributed by atoms with Crippen LogP contribution in [0.4, 0.5) is 0 Å². The summed E-state index contributed by atoms with van der Waals surface area (Å²) in [6, 6.07) is 6.95. The minimum absolute atomic E-state index is 0.0992. The number of aliphatic hydroxyl groups is 1. The summed E-state index contributed by atoms with van der Waals surface area (Å²) in [6.07, 6.45) is 0. The highest BCUT2D eigenvalue weighted by atomic mass is 16.3. The summed E-state index contributed by atoms with van der Waals surface area (Å²) in [5.41, 5.74) is 0.965. The van der Waals surface area contributed by atoms with Crippen LogP contribution < -0.4 is 0 Å². The highest BCUT2D eigenvalue weighted by molar-refractivity contribution is 5.29. The van der Waals surface area contributed by atoms with Gasteiger partial charge in [0.2, 0.25) is 0 Å². The molecule has 0 saturated heterocycles. The largest absolute Gasteiger partial charge is 0.508 e. The number of hydrogen-bond donors (Lipinski definition) is 2. The summed E-state index contributed by atoms with van der Waals surface area (Å²) in [4.78, 5) is 0. The summed E-state index contributed by atoms with van der Waals surface area (Å²) in [5.74, 6) is 0.352. The van der Waals surface area contributed by atoms with Crippen molar-refractivity contribution in [2.75, 3.05) is 6.61 Å². The topological polar surface area (TPSA) is 40.5 Å². The summed E-state index contributed by atoms with van der Waals surface area (Å²) < 4.78 is 0. The third-order valence-corrected chi connectivity index (χ3v) is 1.71. The van der Waals surface area contributed by atoms with Crippen molar-refractivity contribution in [1.82, 2.24) is 0 Å².